The molecule has 0 fully saturated rings. The van der Waals surface area contributed by atoms with Gasteiger partial charge in [0, 0.05) is 0 Å². The van der Waals surface area contributed by atoms with Gasteiger partial charge in [-0.3, -0.25) is 0 Å². The Morgan fingerprint density at radius 1 is 1.54 bits per heavy atom. The Kier molecular flexibility index (Phi) is 3.08. The number of phenols is 1. The minimum atomic E-state index is -0.564. The molecule has 1 aromatic rings. The number of halogens is 1. The molecule has 0 bridgehead atoms. The average Bonchev–Trinajstić information content (AvgIpc) is 2.04. The van der Waals surface area contributed by atoms with E-state index >= 15 is 0 Å². The van der Waals surface area contributed by atoms with Gasteiger partial charge in [0.05, 0.1) is 7.11 Å². The minimum absolute atomic E-state index is 0.124. The van der Waals surface area contributed by atoms with E-state index in [2.05, 4.69) is 4.74 Å². The van der Waals surface area contributed by atoms with E-state index in [0.717, 1.165) is 0 Å². The molecule has 0 radical (unpaired) electrons. The molecule has 13 heavy (non-hydrogen) atoms. The Bertz CT molecular complexity index is 279. The molecule has 0 atom stereocenters. The van der Waals surface area contributed by atoms with Crippen LogP contribution in [0.15, 0.2) is 12.1 Å². The zero-order valence-electron chi connectivity index (χ0n) is 7.38. The van der Waals surface area contributed by atoms with Crippen LogP contribution >= 0.6 is 0 Å². The Hall–Kier alpha value is -1.29. The summed E-state index contributed by atoms with van der Waals surface area (Å²) in [6.45, 7) is 0.422. The first-order chi connectivity index (χ1) is 6.19. The number of aromatic hydroxyl groups is 1. The van der Waals surface area contributed by atoms with E-state index in [4.69, 9.17) is 5.73 Å². The van der Waals surface area contributed by atoms with Gasteiger partial charge in [-0.1, -0.05) is 0 Å². The maximum atomic E-state index is 13.1. The molecule has 4 heteroatoms. The van der Waals surface area contributed by atoms with E-state index in [1.807, 2.05) is 0 Å². The van der Waals surface area contributed by atoms with Gasteiger partial charge in [0.2, 0.25) is 0 Å². The predicted octanol–water partition coefficient (Wildman–Crippen LogP) is 1.04. The third-order valence-electron chi connectivity index (χ3n) is 1.72. The summed E-state index contributed by atoms with van der Waals surface area (Å²) in [5.41, 5.74) is 5.96. The summed E-state index contributed by atoms with van der Waals surface area (Å²) < 4.78 is 17.8. The second-order valence-electron chi connectivity index (χ2n) is 2.67. The molecule has 0 saturated heterocycles. The van der Waals surface area contributed by atoms with Crippen LogP contribution in [0.1, 0.15) is 5.56 Å². The number of methoxy groups -OCH3 is 1. The number of ether oxygens (including phenoxy) is 1. The third-order valence-corrected chi connectivity index (χ3v) is 1.72. The molecular weight excluding hydrogens is 173 g/mol. The highest BCUT2D eigenvalue weighted by Gasteiger charge is 2.09. The van der Waals surface area contributed by atoms with Crippen LogP contribution in [-0.4, -0.2) is 18.8 Å². The lowest BCUT2D eigenvalue weighted by Crippen LogP contribution is -2.03. The lowest BCUT2D eigenvalue weighted by molar-refractivity contribution is 0.350. The summed E-state index contributed by atoms with van der Waals surface area (Å²) in [5, 5.41) is 9.29. The highest BCUT2D eigenvalue weighted by Crippen LogP contribution is 2.30. The quantitative estimate of drug-likeness (QED) is 0.739. The van der Waals surface area contributed by atoms with Crippen molar-refractivity contribution in [2.24, 2.45) is 5.73 Å². The maximum absolute atomic E-state index is 13.1. The molecule has 3 N–H and O–H groups in total. The van der Waals surface area contributed by atoms with Crippen LogP contribution < -0.4 is 10.5 Å². The van der Waals surface area contributed by atoms with E-state index < -0.39 is 5.82 Å². The fourth-order valence-electron chi connectivity index (χ4n) is 1.15. The van der Waals surface area contributed by atoms with Gasteiger partial charge < -0.3 is 15.6 Å². The van der Waals surface area contributed by atoms with Crippen molar-refractivity contribution in [2.75, 3.05) is 13.7 Å². The summed E-state index contributed by atoms with van der Waals surface area (Å²) in [5.74, 6) is -0.877. The molecule has 0 aliphatic heterocycles. The Labute approximate surface area is 75.9 Å². The number of rotatable bonds is 3. The first-order valence-corrected chi connectivity index (χ1v) is 3.94. The molecule has 0 saturated carbocycles. The Balaban J connectivity index is 3.05. The van der Waals surface area contributed by atoms with E-state index in [0.29, 0.717) is 18.5 Å². The monoisotopic (exact) mass is 185 g/mol. The van der Waals surface area contributed by atoms with Crippen LogP contribution in [0.5, 0.6) is 11.5 Å². The molecule has 0 unspecified atom stereocenters. The van der Waals surface area contributed by atoms with Gasteiger partial charge in [-0.25, -0.2) is 4.39 Å². The van der Waals surface area contributed by atoms with E-state index in [1.54, 1.807) is 0 Å². The topological polar surface area (TPSA) is 55.5 Å². The highest BCUT2D eigenvalue weighted by atomic mass is 19.1. The summed E-state index contributed by atoms with van der Waals surface area (Å²) in [6, 6.07) is 2.76. The first-order valence-electron chi connectivity index (χ1n) is 3.94. The predicted molar refractivity (Wildman–Crippen MR) is 47.4 cm³/mol. The third kappa shape index (κ3) is 2.09. The van der Waals surface area contributed by atoms with E-state index in [1.165, 1.54) is 19.2 Å². The standard InChI is InChI=1S/C9H12FNO2/c1-13-9-7(10)4-6(2-3-11)5-8(9)12/h4-5,12H,2-3,11H2,1H3. The summed E-state index contributed by atoms with van der Waals surface area (Å²) in [6.07, 6.45) is 0.536. The number of benzene rings is 1. The zero-order chi connectivity index (χ0) is 9.84. The van der Waals surface area contributed by atoms with Crippen molar-refractivity contribution < 1.29 is 14.2 Å². The molecule has 0 aliphatic carbocycles. The fourth-order valence-corrected chi connectivity index (χ4v) is 1.15. The first kappa shape index (κ1) is 9.80. The van der Waals surface area contributed by atoms with Crippen LogP contribution in [0.3, 0.4) is 0 Å². The van der Waals surface area contributed by atoms with Crippen LogP contribution in [-0.2, 0) is 6.42 Å². The van der Waals surface area contributed by atoms with Crippen molar-refractivity contribution in [1.29, 1.82) is 0 Å². The molecule has 0 heterocycles. The van der Waals surface area contributed by atoms with Gasteiger partial charge in [-0.15, -0.1) is 0 Å². The summed E-state index contributed by atoms with van der Waals surface area (Å²) in [7, 11) is 1.31. The Morgan fingerprint density at radius 3 is 2.69 bits per heavy atom. The van der Waals surface area contributed by atoms with Crippen LogP contribution in [0.25, 0.3) is 0 Å². The molecule has 1 aromatic carbocycles. The van der Waals surface area contributed by atoms with Gasteiger partial charge >= 0.3 is 0 Å². The normalized spacial score (nSPS) is 10.1. The number of hydrogen-bond acceptors (Lipinski definition) is 3. The molecule has 0 spiro atoms. The second kappa shape index (κ2) is 4.09. The van der Waals surface area contributed by atoms with Crippen molar-refractivity contribution in [1.82, 2.24) is 0 Å². The smallest absolute Gasteiger partial charge is 0.196 e. The fraction of sp³-hybridized carbons (Fsp3) is 0.333. The van der Waals surface area contributed by atoms with E-state index in [9.17, 15) is 9.50 Å². The van der Waals surface area contributed by atoms with Crippen molar-refractivity contribution >= 4 is 0 Å². The molecule has 0 aliphatic rings. The van der Waals surface area contributed by atoms with Gasteiger partial charge in [-0.2, -0.15) is 0 Å². The molecule has 3 nitrogen and oxygen atoms in total. The SMILES string of the molecule is COc1c(O)cc(CCN)cc1F. The largest absolute Gasteiger partial charge is 0.504 e. The number of hydrogen-bond donors (Lipinski definition) is 2. The molecule has 72 valence electrons. The van der Waals surface area contributed by atoms with Gasteiger partial charge in [-0.05, 0) is 30.7 Å². The summed E-state index contributed by atoms with van der Waals surface area (Å²) >= 11 is 0. The molecule has 0 amide bonds. The zero-order valence-corrected chi connectivity index (χ0v) is 7.38. The average molecular weight is 185 g/mol. The maximum Gasteiger partial charge on any atom is 0.196 e. The number of phenolic OH excluding ortho intramolecular Hbond substituents is 1. The van der Waals surface area contributed by atoms with Crippen molar-refractivity contribution in [2.45, 2.75) is 6.42 Å². The van der Waals surface area contributed by atoms with Gasteiger partial charge in [0.1, 0.15) is 0 Å². The van der Waals surface area contributed by atoms with Gasteiger partial charge in [0.15, 0.2) is 17.3 Å². The lowest BCUT2D eigenvalue weighted by Gasteiger charge is -2.06. The van der Waals surface area contributed by atoms with Crippen molar-refractivity contribution in [3.63, 3.8) is 0 Å². The minimum Gasteiger partial charge on any atom is -0.504 e. The molecule has 1 rings (SSSR count). The van der Waals surface area contributed by atoms with Gasteiger partial charge in [0.25, 0.3) is 0 Å². The highest BCUT2D eigenvalue weighted by molar-refractivity contribution is 5.43. The van der Waals surface area contributed by atoms with Crippen molar-refractivity contribution in [3.8, 4) is 11.5 Å². The second-order valence-corrected chi connectivity index (χ2v) is 2.67. The lowest BCUT2D eigenvalue weighted by atomic mass is 10.1. The van der Waals surface area contributed by atoms with Crippen LogP contribution in [0, 0.1) is 5.82 Å². The van der Waals surface area contributed by atoms with Crippen molar-refractivity contribution in [3.05, 3.63) is 23.5 Å². The Morgan fingerprint density at radius 2 is 2.23 bits per heavy atom. The molecule has 0 aromatic heterocycles. The molecular formula is C9H12FNO2. The van der Waals surface area contributed by atoms with Crippen LogP contribution in [0.4, 0.5) is 4.39 Å². The number of nitrogens with two attached hydrogens (primary N) is 1. The van der Waals surface area contributed by atoms with E-state index in [-0.39, 0.29) is 11.5 Å². The van der Waals surface area contributed by atoms with Crippen LogP contribution in [0.2, 0.25) is 0 Å². The summed E-state index contributed by atoms with van der Waals surface area (Å²) in [4.78, 5) is 0.